The molecule has 0 amide bonds. The minimum atomic E-state index is -2.33. The highest BCUT2D eigenvalue weighted by Gasteiger charge is 2.65. The molecule has 0 aromatic heterocycles. The van der Waals surface area contributed by atoms with Crippen LogP contribution in [0.5, 0.6) is 0 Å². The molecule has 0 bridgehead atoms. The van der Waals surface area contributed by atoms with Gasteiger partial charge in [0.1, 0.15) is 0 Å². The maximum absolute atomic E-state index is 6.75. The summed E-state index contributed by atoms with van der Waals surface area (Å²) >= 11 is 0. The van der Waals surface area contributed by atoms with Crippen molar-refractivity contribution in [1.82, 2.24) is 0 Å². The van der Waals surface area contributed by atoms with Gasteiger partial charge in [-0.2, -0.15) is 0 Å². The molecule has 3 rings (SSSR count). The quantitative estimate of drug-likeness (QED) is 0.676. The average Bonchev–Trinajstić information content (AvgIpc) is 3.11. The summed E-state index contributed by atoms with van der Waals surface area (Å²) in [6, 6.07) is 10.9. The van der Waals surface area contributed by atoms with E-state index in [-0.39, 0.29) is 15.5 Å². The molecule has 0 N–H and O–H groups in total. The maximum atomic E-state index is 6.75. The van der Waals surface area contributed by atoms with Crippen LogP contribution in [-0.2, 0) is 14.3 Å². The molecule has 3 heteroatoms. The van der Waals surface area contributed by atoms with E-state index in [0.717, 1.165) is 13.2 Å². The fraction of sp³-hybridized carbons (Fsp3) is 0.684. The third-order valence-electron chi connectivity index (χ3n) is 5.58. The van der Waals surface area contributed by atoms with Crippen LogP contribution in [0.15, 0.2) is 30.3 Å². The van der Waals surface area contributed by atoms with Crippen molar-refractivity contribution >= 4 is 8.56 Å². The first-order valence-corrected chi connectivity index (χ1v) is 10.3. The van der Waals surface area contributed by atoms with Crippen LogP contribution in [0.25, 0.3) is 0 Å². The Morgan fingerprint density at radius 3 is 2.09 bits per heavy atom. The van der Waals surface area contributed by atoms with Crippen molar-refractivity contribution in [2.75, 3.05) is 13.2 Å². The molecule has 1 saturated carbocycles. The van der Waals surface area contributed by atoms with E-state index in [1.165, 1.54) is 12.0 Å². The normalized spacial score (nSPS) is 31.3. The van der Waals surface area contributed by atoms with Gasteiger partial charge in [-0.05, 0) is 17.9 Å². The minimum absolute atomic E-state index is 0.0694. The second kappa shape index (κ2) is 4.92. The fourth-order valence-electron chi connectivity index (χ4n) is 4.46. The van der Waals surface area contributed by atoms with E-state index in [9.17, 15) is 0 Å². The molecule has 1 aromatic carbocycles. The Morgan fingerprint density at radius 1 is 0.955 bits per heavy atom. The van der Waals surface area contributed by atoms with Gasteiger partial charge in [0, 0.05) is 28.7 Å². The van der Waals surface area contributed by atoms with Crippen LogP contribution < -0.4 is 0 Å². The molecular weight excluding hydrogens is 288 g/mol. The SMILES string of the molecule is CC(C)(C)[Si]1(C(C)(C)C)OCC2C[C@@]2(c2ccccc2)CO1. The smallest absolute Gasteiger partial charge is 0.349 e. The van der Waals surface area contributed by atoms with Crippen LogP contribution in [0.1, 0.15) is 53.5 Å². The molecule has 1 heterocycles. The first-order valence-electron chi connectivity index (χ1n) is 8.46. The zero-order chi connectivity index (χ0) is 16.2. The number of hydrogen-bond acceptors (Lipinski definition) is 2. The summed E-state index contributed by atoms with van der Waals surface area (Å²) in [6.07, 6.45) is 1.20. The molecule has 22 heavy (non-hydrogen) atoms. The monoisotopic (exact) mass is 318 g/mol. The molecule has 122 valence electrons. The van der Waals surface area contributed by atoms with Crippen LogP contribution in [0.2, 0.25) is 10.1 Å². The van der Waals surface area contributed by atoms with E-state index in [0.29, 0.717) is 5.92 Å². The van der Waals surface area contributed by atoms with Crippen molar-refractivity contribution in [3.8, 4) is 0 Å². The lowest BCUT2D eigenvalue weighted by molar-refractivity contribution is 0.137. The summed E-state index contributed by atoms with van der Waals surface area (Å²) in [4.78, 5) is 0. The lowest BCUT2D eigenvalue weighted by Gasteiger charge is -2.48. The zero-order valence-electron chi connectivity index (χ0n) is 14.9. The Morgan fingerprint density at radius 2 is 1.55 bits per heavy atom. The van der Waals surface area contributed by atoms with Gasteiger partial charge in [0.2, 0.25) is 0 Å². The summed E-state index contributed by atoms with van der Waals surface area (Å²) in [5.74, 6) is 0.619. The van der Waals surface area contributed by atoms with Crippen molar-refractivity contribution in [2.24, 2.45) is 5.92 Å². The third kappa shape index (κ3) is 2.29. The Kier molecular flexibility index (Phi) is 3.63. The van der Waals surface area contributed by atoms with Gasteiger partial charge < -0.3 is 8.85 Å². The third-order valence-corrected chi connectivity index (χ3v) is 10.6. The van der Waals surface area contributed by atoms with Crippen LogP contribution in [0, 0.1) is 5.92 Å². The molecule has 1 aliphatic carbocycles. The molecule has 1 unspecified atom stereocenters. The van der Waals surface area contributed by atoms with Gasteiger partial charge >= 0.3 is 8.56 Å². The molecule has 1 aliphatic heterocycles. The van der Waals surface area contributed by atoms with E-state index < -0.39 is 8.56 Å². The van der Waals surface area contributed by atoms with E-state index in [2.05, 4.69) is 71.9 Å². The highest BCUT2D eigenvalue weighted by atomic mass is 28.4. The van der Waals surface area contributed by atoms with Crippen molar-refractivity contribution in [3.05, 3.63) is 35.9 Å². The van der Waals surface area contributed by atoms with Gasteiger partial charge in [0.15, 0.2) is 0 Å². The molecule has 2 aliphatic rings. The molecule has 2 fully saturated rings. The van der Waals surface area contributed by atoms with Gasteiger partial charge in [0.25, 0.3) is 0 Å². The lowest BCUT2D eigenvalue weighted by atomic mass is 9.94. The summed E-state index contributed by atoms with van der Waals surface area (Å²) in [7, 11) is -2.33. The number of hydrogen-bond donors (Lipinski definition) is 0. The highest BCUT2D eigenvalue weighted by Crippen LogP contribution is 2.61. The number of rotatable bonds is 1. The Hall–Kier alpha value is -0.643. The van der Waals surface area contributed by atoms with E-state index in [1.54, 1.807) is 0 Å². The first-order chi connectivity index (χ1) is 10.1. The number of fused-ring (bicyclic) bond motifs is 1. The first kappa shape index (κ1) is 16.2. The van der Waals surface area contributed by atoms with E-state index in [4.69, 9.17) is 8.85 Å². The molecule has 2 nitrogen and oxygen atoms in total. The van der Waals surface area contributed by atoms with E-state index >= 15 is 0 Å². The van der Waals surface area contributed by atoms with Crippen molar-refractivity contribution < 1.29 is 8.85 Å². The predicted molar refractivity (Wildman–Crippen MR) is 93.3 cm³/mol. The second-order valence-corrected chi connectivity index (χ2v) is 13.9. The minimum Gasteiger partial charge on any atom is -0.393 e. The maximum Gasteiger partial charge on any atom is 0.349 e. The summed E-state index contributed by atoms with van der Waals surface area (Å²) in [5, 5.41) is 0.139. The molecule has 1 saturated heterocycles. The fourth-order valence-corrected chi connectivity index (χ4v) is 9.43. The molecule has 0 spiro atoms. The standard InChI is InChI=1S/C19H30O2Si/c1-17(2,3)22(18(4,5)6)20-13-16-12-19(16,14-21-22)15-10-8-7-9-11-15/h7-11,16H,12-14H2,1-6H3/t16?,19-/m0/s1. The summed E-state index contributed by atoms with van der Waals surface area (Å²) in [5.41, 5.74) is 1.63. The summed E-state index contributed by atoms with van der Waals surface area (Å²) < 4.78 is 13.4. The van der Waals surface area contributed by atoms with Gasteiger partial charge in [-0.25, -0.2) is 0 Å². The Bertz CT molecular complexity index is 527. The van der Waals surface area contributed by atoms with Crippen molar-refractivity contribution in [2.45, 2.75) is 63.5 Å². The molecule has 1 aromatic rings. The highest BCUT2D eigenvalue weighted by molar-refractivity contribution is 6.73. The average molecular weight is 319 g/mol. The van der Waals surface area contributed by atoms with E-state index in [1.807, 2.05) is 0 Å². The second-order valence-electron chi connectivity index (χ2n) is 9.14. The largest absolute Gasteiger partial charge is 0.393 e. The molecule has 0 radical (unpaired) electrons. The van der Waals surface area contributed by atoms with Crippen LogP contribution in [-0.4, -0.2) is 21.8 Å². The topological polar surface area (TPSA) is 18.5 Å². The summed E-state index contributed by atoms with van der Waals surface area (Å²) in [6.45, 7) is 15.4. The van der Waals surface area contributed by atoms with Gasteiger partial charge in [-0.1, -0.05) is 71.9 Å². The molecule has 2 atom stereocenters. The van der Waals surface area contributed by atoms with Crippen molar-refractivity contribution in [3.63, 3.8) is 0 Å². The lowest BCUT2D eigenvalue weighted by Crippen LogP contribution is -2.57. The number of benzene rings is 1. The zero-order valence-corrected chi connectivity index (χ0v) is 15.9. The molecular formula is C19H30O2Si. The predicted octanol–water partition coefficient (Wildman–Crippen LogP) is 5.03. The van der Waals surface area contributed by atoms with Crippen LogP contribution in [0.3, 0.4) is 0 Å². The van der Waals surface area contributed by atoms with Crippen LogP contribution in [0.4, 0.5) is 0 Å². The van der Waals surface area contributed by atoms with Gasteiger partial charge in [0.05, 0.1) is 0 Å². The Labute approximate surface area is 136 Å². The van der Waals surface area contributed by atoms with Crippen molar-refractivity contribution in [1.29, 1.82) is 0 Å². The van der Waals surface area contributed by atoms with Gasteiger partial charge in [-0.3, -0.25) is 0 Å². The van der Waals surface area contributed by atoms with Crippen LogP contribution >= 0.6 is 0 Å². The Balaban J connectivity index is 1.93. The van der Waals surface area contributed by atoms with Gasteiger partial charge in [-0.15, -0.1) is 0 Å².